The quantitative estimate of drug-likeness (QED) is 0.144. The highest BCUT2D eigenvalue weighted by molar-refractivity contribution is 6.11. The molecule has 13 aromatic rings. The van der Waals surface area contributed by atoms with Crippen molar-refractivity contribution < 1.29 is 4.42 Å². The standard InChI is InChI=1S/C66H44N2O/c1-4-14-45(15-5-1)48-24-32-55(33-25-48)67(56-34-26-49(27-35-56)46-16-6-2-7-17-46)58-41-53(51-31-39-66-62(43-51)61-21-11-13-23-65(61)69-66)40-54(42-58)52-30-38-60-59-20-10-12-22-63(59)68(64(60)44-52)57-36-28-50(29-37-57)47-18-8-3-9-19-47/h1-44H. The van der Waals surface area contributed by atoms with Gasteiger partial charge >= 0.3 is 0 Å². The van der Waals surface area contributed by atoms with Gasteiger partial charge in [-0.3, -0.25) is 0 Å². The molecule has 0 bridgehead atoms. The molecule has 0 aliphatic rings. The maximum Gasteiger partial charge on any atom is 0.135 e. The van der Waals surface area contributed by atoms with Gasteiger partial charge in [0.15, 0.2) is 0 Å². The summed E-state index contributed by atoms with van der Waals surface area (Å²) in [6.07, 6.45) is 0. The number of aromatic nitrogens is 1. The van der Waals surface area contributed by atoms with E-state index in [9.17, 15) is 0 Å². The van der Waals surface area contributed by atoms with Gasteiger partial charge in [-0.05, 0) is 141 Å². The summed E-state index contributed by atoms with van der Waals surface area (Å²) in [6, 6.07) is 96.4. The summed E-state index contributed by atoms with van der Waals surface area (Å²) < 4.78 is 8.75. The van der Waals surface area contributed by atoms with E-state index in [0.717, 1.165) is 72.5 Å². The monoisotopic (exact) mass is 880 g/mol. The largest absolute Gasteiger partial charge is 0.456 e. The van der Waals surface area contributed by atoms with Gasteiger partial charge in [0.05, 0.1) is 11.0 Å². The first-order valence-corrected chi connectivity index (χ1v) is 23.6. The van der Waals surface area contributed by atoms with Crippen LogP contribution in [-0.4, -0.2) is 4.57 Å². The van der Waals surface area contributed by atoms with Gasteiger partial charge in [0, 0.05) is 44.3 Å². The van der Waals surface area contributed by atoms with Crippen LogP contribution < -0.4 is 4.90 Å². The SMILES string of the molecule is c1ccc(-c2ccc(N(c3ccc(-c4ccccc4)cc3)c3cc(-c4ccc5oc6ccccc6c5c4)cc(-c4ccc5c6ccccc6n(-c6ccc(-c7ccccc7)cc6)c5c4)c3)cc2)cc1. The second-order valence-corrected chi connectivity index (χ2v) is 17.7. The molecule has 324 valence electrons. The number of hydrogen-bond donors (Lipinski definition) is 0. The molecule has 3 nitrogen and oxygen atoms in total. The van der Waals surface area contributed by atoms with Gasteiger partial charge in [-0.15, -0.1) is 0 Å². The molecule has 0 spiro atoms. The Kier molecular flexibility index (Phi) is 9.84. The molecular weight excluding hydrogens is 837 g/mol. The summed E-state index contributed by atoms with van der Waals surface area (Å²) in [7, 11) is 0. The number of furan rings is 1. The number of para-hydroxylation sites is 2. The number of rotatable bonds is 9. The van der Waals surface area contributed by atoms with Gasteiger partial charge in [0.1, 0.15) is 11.2 Å². The highest BCUT2D eigenvalue weighted by Gasteiger charge is 2.19. The van der Waals surface area contributed by atoms with Crippen LogP contribution in [-0.2, 0) is 0 Å². The van der Waals surface area contributed by atoms with E-state index >= 15 is 0 Å². The minimum atomic E-state index is 0.880. The van der Waals surface area contributed by atoms with Crippen molar-refractivity contribution in [1.82, 2.24) is 4.57 Å². The zero-order chi connectivity index (χ0) is 45.7. The lowest BCUT2D eigenvalue weighted by molar-refractivity contribution is 0.669. The molecule has 13 rings (SSSR count). The van der Waals surface area contributed by atoms with Gasteiger partial charge in [0.2, 0.25) is 0 Å². The summed E-state index contributed by atoms with van der Waals surface area (Å²) in [6.45, 7) is 0. The molecule has 0 amide bonds. The summed E-state index contributed by atoms with van der Waals surface area (Å²) in [4.78, 5) is 2.39. The highest BCUT2D eigenvalue weighted by Crippen LogP contribution is 2.43. The molecular formula is C66H44N2O. The van der Waals surface area contributed by atoms with Gasteiger partial charge in [-0.25, -0.2) is 0 Å². The number of benzene rings is 11. The van der Waals surface area contributed by atoms with E-state index in [-0.39, 0.29) is 0 Å². The van der Waals surface area contributed by atoms with Gasteiger partial charge < -0.3 is 13.9 Å². The van der Waals surface area contributed by atoms with E-state index in [4.69, 9.17) is 4.42 Å². The van der Waals surface area contributed by atoms with E-state index < -0.39 is 0 Å². The molecule has 2 heterocycles. The van der Waals surface area contributed by atoms with Crippen molar-refractivity contribution in [3.05, 3.63) is 267 Å². The second-order valence-electron chi connectivity index (χ2n) is 17.7. The molecule has 11 aromatic carbocycles. The Morgan fingerprint density at radius 1 is 0.246 bits per heavy atom. The number of anilines is 3. The van der Waals surface area contributed by atoms with Crippen molar-refractivity contribution in [3.63, 3.8) is 0 Å². The summed E-state index contributed by atoms with van der Waals surface area (Å²) in [5.41, 5.74) is 20.0. The summed E-state index contributed by atoms with van der Waals surface area (Å²) >= 11 is 0. The second kappa shape index (κ2) is 16.9. The van der Waals surface area contributed by atoms with Crippen LogP contribution in [0.4, 0.5) is 17.1 Å². The normalized spacial score (nSPS) is 11.5. The summed E-state index contributed by atoms with van der Waals surface area (Å²) in [5.74, 6) is 0. The molecule has 3 heteroatoms. The van der Waals surface area contributed by atoms with Crippen molar-refractivity contribution >= 4 is 60.8 Å². The molecule has 0 unspecified atom stereocenters. The smallest absolute Gasteiger partial charge is 0.135 e. The molecule has 69 heavy (non-hydrogen) atoms. The van der Waals surface area contributed by atoms with Crippen LogP contribution in [0.1, 0.15) is 0 Å². The van der Waals surface area contributed by atoms with Crippen molar-refractivity contribution in [2.75, 3.05) is 4.90 Å². The maximum atomic E-state index is 6.33. The predicted molar refractivity (Wildman–Crippen MR) is 290 cm³/mol. The lowest BCUT2D eigenvalue weighted by atomic mass is 9.95. The zero-order valence-corrected chi connectivity index (χ0v) is 37.7. The van der Waals surface area contributed by atoms with Crippen molar-refractivity contribution in [2.45, 2.75) is 0 Å². The number of hydrogen-bond acceptors (Lipinski definition) is 2. The first kappa shape index (κ1) is 40.1. The average molecular weight is 881 g/mol. The first-order chi connectivity index (χ1) is 34.2. The van der Waals surface area contributed by atoms with Gasteiger partial charge in [-0.2, -0.15) is 0 Å². The number of nitrogens with zero attached hydrogens (tertiary/aromatic N) is 2. The Morgan fingerprint density at radius 2 is 0.681 bits per heavy atom. The topological polar surface area (TPSA) is 21.3 Å². The molecule has 0 aliphatic heterocycles. The van der Waals surface area contributed by atoms with E-state index in [0.29, 0.717) is 0 Å². The van der Waals surface area contributed by atoms with Gasteiger partial charge in [-0.1, -0.05) is 182 Å². The lowest BCUT2D eigenvalue weighted by Gasteiger charge is -2.27. The molecule has 0 N–H and O–H groups in total. The van der Waals surface area contributed by atoms with E-state index in [1.807, 2.05) is 12.1 Å². The molecule has 0 atom stereocenters. The Bertz CT molecular complexity index is 3880. The molecule has 0 radical (unpaired) electrons. The van der Waals surface area contributed by atoms with E-state index in [1.165, 1.54) is 49.7 Å². The predicted octanol–water partition coefficient (Wildman–Crippen LogP) is 18.5. The fraction of sp³-hybridized carbons (Fsp3) is 0. The number of fused-ring (bicyclic) bond motifs is 6. The Balaban J connectivity index is 1.01. The Morgan fingerprint density at radius 3 is 1.28 bits per heavy atom. The minimum absolute atomic E-state index is 0.880. The summed E-state index contributed by atoms with van der Waals surface area (Å²) in [5, 5.41) is 4.66. The first-order valence-electron chi connectivity index (χ1n) is 23.6. The van der Waals surface area contributed by atoms with Crippen LogP contribution >= 0.6 is 0 Å². The average Bonchev–Trinajstić information content (AvgIpc) is 3.97. The van der Waals surface area contributed by atoms with Crippen LogP contribution in [0.5, 0.6) is 0 Å². The molecule has 0 fully saturated rings. The van der Waals surface area contributed by atoms with Gasteiger partial charge in [0.25, 0.3) is 0 Å². The third kappa shape index (κ3) is 7.34. The van der Waals surface area contributed by atoms with E-state index in [1.54, 1.807) is 0 Å². The van der Waals surface area contributed by atoms with Crippen LogP contribution in [0.25, 0.3) is 105 Å². The van der Waals surface area contributed by atoms with Crippen molar-refractivity contribution in [2.24, 2.45) is 0 Å². The minimum Gasteiger partial charge on any atom is -0.456 e. The molecule has 0 aliphatic carbocycles. The highest BCUT2D eigenvalue weighted by atomic mass is 16.3. The van der Waals surface area contributed by atoms with Crippen molar-refractivity contribution in [1.29, 1.82) is 0 Å². The molecule has 2 aromatic heterocycles. The van der Waals surface area contributed by atoms with Crippen LogP contribution in [0, 0.1) is 0 Å². The van der Waals surface area contributed by atoms with Crippen LogP contribution in [0.15, 0.2) is 271 Å². The van der Waals surface area contributed by atoms with Crippen LogP contribution in [0.2, 0.25) is 0 Å². The van der Waals surface area contributed by atoms with Crippen molar-refractivity contribution in [3.8, 4) is 61.3 Å². The molecule has 0 saturated carbocycles. The zero-order valence-electron chi connectivity index (χ0n) is 37.7. The third-order valence-electron chi connectivity index (χ3n) is 13.6. The van der Waals surface area contributed by atoms with Crippen LogP contribution in [0.3, 0.4) is 0 Å². The Hall–Kier alpha value is -9.18. The maximum absolute atomic E-state index is 6.33. The fourth-order valence-corrected chi connectivity index (χ4v) is 10.2. The Labute approximate surface area is 401 Å². The van der Waals surface area contributed by atoms with E-state index in [2.05, 4.69) is 264 Å². The third-order valence-corrected chi connectivity index (χ3v) is 13.6. The fourth-order valence-electron chi connectivity index (χ4n) is 10.2. The lowest BCUT2D eigenvalue weighted by Crippen LogP contribution is -2.10. The molecule has 0 saturated heterocycles.